The number of carbonyl (C=O) groups excluding carboxylic acids is 1. The predicted molar refractivity (Wildman–Crippen MR) is 155 cm³/mol. The van der Waals surface area contributed by atoms with Crippen molar-refractivity contribution >= 4 is 44.9 Å². The van der Waals surface area contributed by atoms with E-state index in [1.807, 2.05) is 18.7 Å². The van der Waals surface area contributed by atoms with E-state index in [4.69, 9.17) is 0 Å². The van der Waals surface area contributed by atoms with Gasteiger partial charge in [0, 0.05) is 11.4 Å². The number of fused-ring (bicyclic) bond motifs is 2. The van der Waals surface area contributed by atoms with Crippen molar-refractivity contribution < 1.29 is 17.8 Å². The Morgan fingerprint density at radius 2 is 1.82 bits per heavy atom. The molecule has 6 rings (SSSR count). The molecule has 2 aromatic rings. The Labute approximate surface area is 233 Å². The molecule has 0 saturated heterocycles. The van der Waals surface area contributed by atoms with E-state index in [2.05, 4.69) is 59.4 Å². The molecule has 0 fully saturated rings. The third-order valence-electron chi connectivity index (χ3n) is 7.69. The van der Waals surface area contributed by atoms with Crippen LogP contribution in [-0.4, -0.2) is 31.1 Å². The first kappa shape index (κ1) is 25.9. The molecule has 0 saturated carbocycles. The second-order valence-corrected chi connectivity index (χ2v) is 12.6. The third kappa shape index (κ3) is 4.79. The van der Waals surface area contributed by atoms with Gasteiger partial charge in [-0.1, -0.05) is 36.0 Å². The lowest BCUT2D eigenvalue weighted by Gasteiger charge is -2.29. The lowest BCUT2D eigenvalue weighted by atomic mass is 9.76. The maximum absolute atomic E-state index is 13.5. The Morgan fingerprint density at radius 1 is 1.08 bits per heavy atom. The molecule has 2 aliphatic carbocycles. The molecule has 39 heavy (non-hydrogen) atoms. The quantitative estimate of drug-likeness (QED) is 0.341. The summed E-state index contributed by atoms with van der Waals surface area (Å²) >= 11 is 1.82. The van der Waals surface area contributed by atoms with Crippen LogP contribution < -0.4 is 9.91 Å². The lowest BCUT2D eigenvalue weighted by molar-refractivity contribution is -0.114. The van der Waals surface area contributed by atoms with Gasteiger partial charge >= 0.3 is 0 Å². The molecule has 0 radical (unpaired) electrons. The number of amides is 1. The number of carbonyl (C=O) groups is 1. The van der Waals surface area contributed by atoms with Gasteiger partial charge < -0.3 is 4.90 Å². The molecule has 9 heteroatoms. The minimum absolute atomic E-state index is 0.224. The topological polar surface area (TPSA) is 90.3 Å². The molecule has 1 N–H and O–H groups in total. The third-order valence-corrected chi connectivity index (χ3v) is 9.67. The van der Waals surface area contributed by atoms with E-state index in [0.717, 1.165) is 37.8 Å². The zero-order valence-electron chi connectivity index (χ0n) is 21.8. The van der Waals surface area contributed by atoms with Crippen LogP contribution in [0.1, 0.15) is 39.5 Å². The summed E-state index contributed by atoms with van der Waals surface area (Å²) in [4.78, 5) is 16.9. The van der Waals surface area contributed by atoms with Gasteiger partial charge in [-0.15, -0.1) is 0 Å². The summed E-state index contributed by atoms with van der Waals surface area (Å²) in [5.41, 5.74) is 6.53. The standard InChI is InChI=1S/C30H29N3O4S2/c1-3-32-26-6-4-5-7-27(26)38-28(32)17-20-8-9-21-10-11-22(18-23(21)16-20)29-19(2)31-33(30(29)34)24-12-14-25(15-13-24)39(35,36)37/h4-7,12-18,21H,3,8-11H2,1-2H3,(H,35,36,37)/b28-17-,29-22-. The van der Waals surface area contributed by atoms with Crippen LogP contribution in [0.3, 0.4) is 0 Å². The van der Waals surface area contributed by atoms with Gasteiger partial charge in [0.25, 0.3) is 16.0 Å². The van der Waals surface area contributed by atoms with Gasteiger partial charge in [0.15, 0.2) is 0 Å². The van der Waals surface area contributed by atoms with Gasteiger partial charge in [-0.3, -0.25) is 9.35 Å². The molecule has 200 valence electrons. The zero-order valence-corrected chi connectivity index (χ0v) is 23.4. The Morgan fingerprint density at radius 3 is 2.56 bits per heavy atom. The van der Waals surface area contributed by atoms with Crippen molar-refractivity contribution in [3.8, 4) is 0 Å². The number of benzene rings is 2. The summed E-state index contributed by atoms with van der Waals surface area (Å²) in [6, 6.07) is 14.0. The predicted octanol–water partition coefficient (Wildman–Crippen LogP) is 6.48. The Bertz CT molecular complexity index is 1630. The molecule has 0 aromatic heterocycles. The molecule has 2 heterocycles. The van der Waals surface area contributed by atoms with Crippen LogP contribution in [0.25, 0.3) is 0 Å². The molecule has 7 nitrogen and oxygen atoms in total. The fourth-order valence-corrected chi connectivity index (χ4v) is 7.43. The van der Waals surface area contributed by atoms with Crippen LogP contribution >= 0.6 is 11.8 Å². The number of rotatable bonds is 4. The van der Waals surface area contributed by atoms with Gasteiger partial charge in [0.2, 0.25) is 0 Å². The monoisotopic (exact) mass is 559 g/mol. The molecular weight excluding hydrogens is 530 g/mol. The van der Waals surface area contributed by atoms with Crippen LogP contribution in [-0.2, 0) is 14.9 Å². The van der Waals surface area contributed by atoms with E-state index in [9.17, 15) is 17.8 Å². The van der Waals surface area contributed by atoms with Crippen molar-refractivity contribution in [1.82, 2.24) is 0 Å². The molecule has 1 amide bonds. The van der Waals surface area contributed by atoms with Crippen molar-refractivity contribution in [3.63, 3.8) is 0 Å². The Kier molecular flexibility index (Phi) is 6.61. The van der Waals surface area contributed by atoms with Crippen LogP contribution in [0, 0.1) is 5.92 Å². The summed E-state index contributed by atoms with van der Waals surface area (Å²) in [6.07, 6.45) is 10.7. The number of hydrogen-bond donors (Lipinski definition) is 1. The number of anilines is 2. The molecular formula is C30H29N3O4S2. The minimum atomic E-state index is -4.31. The van der Waals surface area contributed by atoms with Crippen molar-refractivity contribution in [2.75, 3.05) is 16.5 Å². The molecule has 1 atom stereocenters. The first-order valence-corrected chi connectivity index (χ1v) is 15.4. The smallest absolute Gasteiger partial charge is 0.294 e. The second-order valence-electron chi connectivity index (χ2n) is 10.1. The second kappa shape index (κ2) is 9.97. The van der Waals surface area contributed by atoms with Crippen LogP contribution in [0.5, 0.6) is 0 Å². The van der Waals surface area contributed by atoms with E-state index in [1.54, 1.807) is 0 Å². The Hall–Kier alpha value is -3.40. The van der Waals surface area contributed by atoms with Gasteiger partial charge in [-0.05, 0) is 105 Å². The SMILES string of the molecule is CCN1/C(=C/C2=CC3=C/C(=C4\C(=O)N(c5ccc(S(=O)(=O)O)cc5)N=C4C)CCC3CC2)Sc2ccccc21. The fraction of sp³-hybridized carbons (Fsp3) is 0.267. The normalized spacial score (nSPS) is 24.0. The van der Waals surface area contributed by atoms with Gasteiger partial charge in [-0.2, -0.15) is 18.5 Å². The Balaban J connectivity index is 1.29. The highest BCUT2D eigenvalue weighted by atomic mass is 32.2. The highest BCUT2D eigenvalue weighted by Crippen LogP contribution is 2.47. The van der Waals surface area contributed by atoms with Crippen LogP contribution in [0.15, 0.2) is 109 Å². The van der Waals surface area contributed by atoms with E-state index in [0.29, 0.717) is 22.9 Å². The number of nitrogens with zero attached hydrogens (tertiary/aromatic N) is 3. The molecule has 1 unspecified atom stereocenters. The summed E-state index contributed by atoms with van der Waals surface area (Å²) in [5.74, 6) is 0.267. The van der Waals surface area contributed by atoms with E-state index < -0.39 is 10.1 Å². The number of hydrazone groups is 1. The maximum atomic E-state index is 13.5. The minimum Gasteiger partial charge on any atom is -0.335 e. The molecule has 2 aromatic carbocycles. The van der Waals surface area contributed by atoms with E-state index >= 15 is 0 Å². The highest BCUT2D eigenvalue weighted by molar-refractivity contribution is 8.03. The first-order valence-electron chi connectivity index (χ1n) is 13.1. The summed E-state index contributed by atoms with van der Waals surface area (Å²) in [5, 5.41) is 7.04. The van der Waals surface area contributed by atoms with Crippen molar-refractivity contribution in [3.05, 3.63) is 94.1 Å². The first-order chi connectivity index (χ1) is 18.7. The van der Waals surface area contributed by atoms with Crippen LogP contribution in [0.2, 0.25) is 0 Å². The average Bonchev–Trinajstić information content (AvgIpc) is 3.43. The average molecular weight is 560 g/mol. The fourth-order valence-electron chi connectivity index (χ4n) is 5.75. The number of thioether (sulfide) groups is 1. The molecule has 0 spiro atoms. The van der Waals surface area contributed by atoms with Crippen molar-refractivity contribution in [1.29, 1.82) is 0 Å². The summed E-state index contributed by atoms with van der Waals surface area (Å²) in [7, 11) is -4.31. The van der Waals surface area contributed by atoms with Gasteiger partial charge in [0.05, 0.1) is 32.6 Å². The van der Waals surface area contributed by atoms with Crippen molar-refractivity contribution in [2.45, 2.75) is 49.3 Å². The summed E-state index contributed by atoms with van der Waals surface area (Å²) in [6.45, 7) is 4.93. The number of para-hydroxylation sites is 1. The van der Waals surface area contributed by atoms with E-state index in [1.165, 1.54) is 56.0 Å². The summed E-state index contributed by atoms with van der Waals surface area (Å²) < 4.78 is 32.0. The van der Waals surface area contributed by atoms with E-state index in [-0.39, 0.29) is 10.8 Å². The molecule has 4 aliphatic rings. The molecule has 0 bridgehead atoms. The van der Waals surface area contributed by atoms with Gasteiger partial charge in [0.1, 0.15) is 0 Å². The number of allylic oxidation sites excluding steroid dienone is 6. The largest absolute Gasteiger partial charge is 0.335 e. The van der Waals surface area contributed by atoms with Crippen LogP contribution in [0.4, 0.5) is 11.4 Å². The highest BCUT2D eigenvalue weighted by Gasteiger charge is 2.33. The number of hydrogen-bond acceptors (Lipinski definition) is 6. The van der Waals surface area contributed by atoms with Crippen molar-refractivity contribution in [2.24, 2.45) is 11.0 Å². The van der Waals surface area contributed by atoms with Gasteiger partial charge in [-0.25, -0.2) is 0 Å². The zero-order chi connectivity index (χ0) is 27.3. The molecule has 2 aliphatic heterocycles. The maximum Gasteiger partial charge on any atom is 0.294 e. The lowest BCUT2D eigenvalue weighted by Crippen LogP contribution is -2.23.